The smallest absolute Gasteiger partial charge is 0.325 e. The normalized spacial score (nSPS) is 21.6. The van der Waals surface area contributed by atoms with Gasteiger partial charge in [0.05, 0.1) is 7.11 Å². The highest BCUT2D eigenvalue weighted by Gasteiger charge is 2.36. The molecule has 4 heteroatoms. The van der Waals surface area contributed by atoms with Gasteiger partial charge in [-0.2, -0.15) is 0 Å². The molecule has 2 unspecified atom stereocenters. The number of carbonyl (C=O) groups excluding carboxylic acids is 1. The summed E-state index contributed by atoms with van der Waals surface area (Å²) in [6.07, 6.45) is 4.38. The number of nitrogens with zero attached hydrogens (tertiary/aromatic N) is 1. The molecular formula is C14H28N2O2. The number of esters is 1. The van der Waals surface area contributed by atoms with Gasteiger partial charge < -0.3 is 15.0 Å². The Balaban J connectivity index is 2.61. The van der Waals surface area contributed by atoms with E-state index < -0.39 is 5.54 Å². The Morgan fingerprint density at radius 3 is 2.56 bits per heavy atom. The fraction of sp³-hybridized carbons (Fsp3) is 0.929. The van der Waals surface area contributed by atoms with Crippen molar-refractivity contribution in [3.63, 3.8) is 0 Å². The van der Waals surface area contributed by atoms with E-state index in [2.05, 4.69) is 24.1 Å². The molecule has 0 radical (unpaired) electrons. The summed E-state index contributed by atoms with van der Waals surface area (Å²) in [6, 6.07) is 0.418. The third kappa shape index (κ3) is 3.95. The first-order valence-electron chi connectivity index (χ1n) is 7.11. The highest BCUT2D eigenvalue weighted by molar-refractivity contribution is 5.80. The van der Waals surface area contributed by atoms with Crippen LogP contribution in [0.4, 0.5) is 0 Å². The third-order valence-electron chi connectivity index (χ3n) is 3.87. The predicted octanol–water partition coefficient (Wildman–Crippen LogP) is 1.79. The van der Waals surface area contributed by atoms with E-state index in [9.17, 15) is 4.79 Å². The van der Waals surface area contributed by atoms with Gasteiger partial charge in [-0.25, -0.2) is 0 Å². The Morgan fingerprint density at radius 1 is 1.44 bits per heavy atom. The maximum atomic E-state index is 12.0. The quantitative estimate of drug-likeness (QED) is 0.705. The van der Waals surface area contributed by atoms with Crippen molar-refractivity contribution in [1.82, 2.24) is 10.2 Å². The van der Waals surface area contributed by atoms with Gasteiger partial charge in [0, 0.05) is 6.04 Å². The Kier molecular flexibility index (Phi) is 6.09. The molecule has 1 N–H and O–H groups in total. The van der Waals surface area contributed by atoms with Crippen molar-refractivity contribution < 1.29 is 9.53 Å². The van der Waals surface area contributed by atoms with E-state index in [0.717, 1.165) is 32.5 Å². The number of nitrogens with one attached hydrogen (secondary N) is 1. The number of hydrogen-bond donors (Lipinski definition) is 1. The van der Waals surface area contributed by atoms with Gasteiger partial charge in [-0.1, -0.05) is 6.92 Å². The molecule has 1 aliphatic heterocycles. The molecule has 0 bridgehead atoms. The molecule has 0 spiro atoms. The Bertz CT molecular complexity index is 265. The van der Waals surface area contributed by atoms with Crippen molar-refractivity contribution >= 4 is 5.97 Å². The lowest BCUT2D eigenvalue weighted by molar-refractivity contribution is -0.148. The Hall–Kier alpha value is -0.610. The van der Waals surface area contributed by atoms with Crippen LogP contribution in [0.15, 0.2) is 0 Å². The second kappa shape index (κ2) is 7.10. The first kappa shape index (κ1) is 15.4. The van der Waals surface area contributed by atoms with Crippen LogP contribution in [-0.2, 0) is 9.53 Å². The zero-order valence-electron chi connectivity index (χ0n) is 12.3. The van der Waals surface area contributed by atoms with E-state index in [0.29, 0.717) is 6.04 Å². The average Bonchev–Trinajstić information content (AvgIpc) is 2.89. The van der Waals surface area contributed by atoms with Gasteiger partial charge >= 0.3 is 5.97 Å². The molecule has 106 valence electrons. The summed E-state index contributed by atoms with van der Waals surface area (Å²) >= 11 is 0. The lowest BCUT2D eigenvalue weighted by atomic mass is 9.92. The van der Waals surface area contributed by atoms with Crippen LogP contribution >= 0.6 is 0 Å². The van der Waals surface area contributed by atoms with Crippen LogP contribution < -0.4 is 5.32 Å². The van der Waals surface area contributed by atoms with E-state index in [1.54, 1.807) is 0 Å². The summed E-state index contributed by atoms with van der Waals surface area (Å²) in [6.45, 7) is 9.44. The minimum Gasteiger partial charge on any atom is -0.468 e. The van der Waals surface area contributed by atoms with Gasteiger partial charge in [0.15, 0.2) is 0 Å². The molecule has 1 aliphatic rings. The average molecular weight is 256 g/mol. The molecule has 1 fully saturated rings. The van der Waals surface area contributed by atoms with Crippen LogP contribution in [-0.4, -0.2) is 49.2 Å². The molecule has 0 amide bonds. The highest BCUT2D eigenvalue weighted by Crippen LogP contribution is 2.21. The summed E-state index contributed by atoms with van der Waals surface area (Å²) in [7, 11) is 1.47. The van der Waals surface area contributed by atoms with Crippen LogP contribution in [0.1, 0.15) is 46.5 Å². The topological polar surface area (TPSA) is 41.6 Å². The molecule has 0 aromatic carbocycles. The molecule has 0 aromatic heterocycles. The fourth-order valence-electron chi connectivity index (χ4n) is 2.76. The molecular weight excluding hydrogens is 228 g/mol. The standard InChI is InChI=1S/C14H28N2O2/c1-5-8-15-14(3,13(17)18-4)11-12(2)16-9-6-7-10-16/h12,15H,5-11H2,1-4H3. The van der Waals surface area contributed by atoms with Gasteiger partial charge in [-0.05, 0) is 59.2 Å². The van der Waals surface area contributed by atoms with E-state index in [4.69, 9.17) is 4.74 Å². The van der Waals surface area contributed by atoms with Crippen LogP contribution in [0.3, 0.4) is 0 Å². The molecule has 0 aromatic rings. The Morgan fingerprint density at radius 2 is 2.06 bits per heavy atom. The zero-order chi connectivity index (χ0) is 13.6. The van der Waals surface area contributed by atoms with Crippen molar-refractivity contribution in [3.05, 3.63) is 0 Å². The zero-order valence-corrected chi connectivity index (χ0v) is 12.3. The lowest BCUT2D eigenvalue weighted by Gasteiger charge is -2.34. The van der Waals surface area contributed by atoms with Crippen molar-refractivity contribution in [3.8, 4) is 0 Å². The van der Waals surface area contributed by atoms with Gasteiger partial charge in [0.1, 0.15) is 5.54 Å². The molecule has 1 saturated heterocycles. The number of rotatable bonds is 7. The molecule has 0 aliphatic carbocycles. The van der Waals surface area contributed by atoms with Gasteiger partial charge in [-0.3, -0.25) is 4.79 Å². The minimum absolute atomic E-state index is 0.151. The van der Waals surface area contributed by atoms with Crippen LogP contribution in [0.25, 0.3) is 0 Å². The summed E-state index contributed by atoms with van der Waals surface area (Å²) in [5, 5.41) is 3.35. The fourth-order valence-corrected chi connectivity index (χ4v) is 2.76. The lowest BCUT2D eigenvalue weighted by Crippen LogP contribution is -2.54. The monoisotopic (exact) mass is 256 g/mol. The van der Waals surface area contributed by atoms with Gasteiger partial charge in [0.25, 0.3) is 0 Å². The van der Waals surface area contributed by atoms with Crippen LogP contribution in [0.5, 0.6) is 0 Å². The van der Waals surface area contributed by atoms with Crippen molar-refractivity contribution in [2.24, 2.45) is 0 Å². The predicted molar refractivity (Wildman–Crippen MR) is 73.6 cm³/mol. The Labute approximate surface area is 111 Å². The number of likely N-dealkylation sites (tertiary alicyclic amines) is 1. The van der Waals surface area contributed by atoms with Gasteiger partial charge in [0.2, 0.25) is 0 Å². The molecule has 1 rings (SSSR count). The maximum Gasteiger partial charge on any atom is 0.325 e. The van der Waals surface area contributed by atoms with Crippen LogP contribution in [0.2, 0.25) is 0 Å². The third-order valence-corrected chi connectivity index (χ3v) is 3.87. The van der Waals surface area contributed by atoms with Crippen molar-refractivity contribution in [2.75, 3.05) is 26.7 Å². The minimum atomic E-state index is -0.563. The molecule has 2 atom stereocenters. The SMILES string of the molecule is CCCNC(C)(CC(C)N1CCCC1)C(=O)OC. The molecule has 1 heterocycles. The van der Waals surface area contributed by atoms with Gasteiger partial charge in [-0.15, -0.1) is 0 Å². The first-order chi connectivity index (χ1) is 8.53. The second-order valence-electron chi connectivity index (χ2n) is 5.55. The van der Waals surface area contributed by atoms with E-state index in [1.165, 1.54) is 20.0 Å². The number of ether oxygens (including phenoxy) is 1. The first-order valence-corrected chi connectivity index (χ1v) is 7.11. The summed E-state index contributed by atoms with van der Waals surface area (Å²) in [5.74, 6) is -0.151. The molecule has 18 heavy (non-hydrogen) atoms. The van der Waals surface area contributed by atoms with Crippen LogP contribution in [0, 0.1) is 0 Å². The molecule has 4 nitrogen and oxygen atoms in total. The highest BCUT2D eigenvalue weighted by atomic mass is 16.5. The second-order valence-corrected chi connectivity index (χ2v) is 5.55. The number of methoxy groups -OCH3 is 1. The van der Waals surface area contributed by atoms with Crippen molar-refractivity contribution in [1.29, 1.82) is 0 Å². The van der Waals surface area contributed by atoms with Crippen molar-refractivity contribution in [2.45, 2.75) is 58.0 Å². The largest absolute Gasteiger partial charge is 0.468 e. The molecule has 0 saturated carbocycles. The summed E-state index contributed by atoms with van der Waals surface area (Å²) in [4.78, 5) is 14.5. The number of carbonyl (C=O) groups is 1. The van der Waals surface area contributed by atoms with E-state index >= 15 is 0 Å². The van der Waals surface area contributed by atoms with E-state index in [1.807, 2.05) is 6.92 Å². The summed E-state index contributed by atoms with van der Waals surface area (Å²) in [5.41, 5.74) is -0.563. The summed E-state index contributed by atoms with van der Waals surface area (Å²) < 4.78 is 4.96. The maximum absolute atomic E-state index is 12.0. The van der Waals surface area contributed by atoms with E-state index in [-0.39, 0.29) is 5.97 Å². The number of hydrogen-bond acceptors (Lipinski definition) is 4.